The van der Waals surface area contributed by atoms with Crippen LogP contribution in [0.2, 0.25) is 0 Å². The van der Waals surface area contributed by atoms with Crippen LogP contribution in [0.5, 0.6) is 0 Å². The third-order valence-corrected chi connectivity index (χ3v) is 5.80. The minimum Gasteiger partial charge on any atom is -0.375 e. The van der Waals surface area contributed by atoms with Crippen molar-refractivity contribution in [3.63, 3.8) is 0 Å². The summed E-state index contributed by atoms with van der Waals surface area (Å²) in [4.78, 5) is 30.4. The second kappa shape index (κ2) is 8.67. The number of carbonyl (C=O) groups is 1. The Balaban J connectivity index is 1.57. The Bertz CT molecular complexity index is 1160. The highest BCUT2D eigenvalue weighted by atomic mass is 32.1. The van der Waals surface area contributed by atoms with Crippen LogP contribution in [0.3, 0.4) is 0 Å². The first-order chi connectivity index (χ1) is 14.9. The second-order valence-electron chi connectivity index (χ2n) is 7.42. The number of hydrogen-bond acceptors (Lipinski definition) is 9. The number of rotatable bonds is 4. The smallest absolute Gasteiger partial charge is 0.254 e. The molecule has 0 atom stereocenters. The molecule has 3 heterocycles. The molecule has 0 radical (unpaired) electrons. The maximum absolute atomic E-state index is 13.0. The molecular weight excluding hydrogens is 412 g/mol. The standard InChI is InChI=1S/C21H22N8OS/c1-13-9-14(19(30)29-7-5-28(2)6-8-29)11-15(10-13)25-21-24-4-3-16(26-21)18-17(12-22)31-20(23)27-18/h3-4,9-11H,5-8H2,1-2H3,(H2,23,27)(H,24,25,26). The molecule has 158 valence electrons. The van der Waals surface area contributed by atoms with E-state index in [0.717, 1.165) is 43.1 Å². The van der Waals surface area contributed by atoms with E-state index in [2.05, 4.69) is 38.3 Å². The normalized spacial score (nSPS) is 14.3. The summed E-state index contributed by atoms with van der Waals surface area (Å²) in [6.45, 7) is 5.12. The maximum Gasteiger partial charge on any atom is 0.254 e. The number of nitrogen functional groups attached to an aromatic ring is 1. The van der Waals surface area contributed by atoms with Crippen LogP contribution in [0.25, 0.3) is 11.4 Å². The Kier molecular flexibility index (Phi) is 5.79. The van der Waals surface area contributed by atoms with Crippen molar-refractivity contribution in [3.8, 4) is 17.5 Å². The number of thiazole rings is 1. The van der Waals surface area contributed by atoms with Crippen molar-refractivity contribution in [2.24, 2.45) is 0 Å². The highest BCUT2D eigenvalue weighted by Crippen LogP contribution is 2.28. The van der Waals surface area contributed by atoms with Gasteiger partial charge in [0.15, 0.2) is 5.13 Å². The second-order valence-corrected chi connectivity index (χ2v) is 8.45. The summed E-state index contributed by atoms with van der Waals surface area (Å²) in [7, 11) is 2.06. The fraction of sp³-hybridized carbons (Fsp3) is 0.286. The first-order valence-electron chi connectivity index (χ1n) is 9.79. The number of benzene rings is 1. The van der Waals surface area contributed by atoms with Crippen LogP contribution in [-0.2, 0) is 0 Å². The zero-order valence-corrected chi connectivity index (χ0v) is 18.1. The van der Waals surface area contributed by atoms with Gasteiger partial charge < -0.3 is 20.9 Å². The summed E-state index contributed by atoms with van der Waals surface area (Å²) in [5.41, 5.74) is 8.98. The summed E-state index contributed by atoms with van der Waals surface area (Å²) in [5, 5.41) is 12.8. The third kappa shape index (κ3) is 4.63. The quantitative estimate of drug-likeness (QED) is 0.642. The molecule has 4 rings (SSSR count). The zero-order chi connectivity index (χ0) is 22.0. The molecule has 0 aliphatic carbocycles. The number of aryl methyl sites for hydroxylation is 1. The highest BCUT2D eigenvalue weighted by Gasteiger charge is 2.21. The van der Waals surface area contributed by atoms with E-state index < -0.39 is 0 Å². The van der Waals surface area contributed by atoms with Crippen LogP contribution >= 0.6 is 11.3 Å². The van der Waals surface area contributed by atoms with E-state index in [1.54, 1.807) is 12.3 Å². The number of amides is 1. The van der Waals surface area contributed by atoms with Crippen LogP contribution in [0.1, 0.15) is 20.8 Å². The lowest BCUT2D eigenvalue weighted by Crippen LogP contribution is -2.47. The van der Waals surface area contributed by atoms with E-state index in [-0.39, 0.29) is 5.91 Å². The summed E-state index contributed by atoms with van der Waals surface area (Å²) in [5.74, 6) is 0.364. The van der Waals surface area contributed by atoms with Crippen LogP contribution in [0.15, 0.2) is 30.5 Å². The van der Waals surface area contributed by atoms with Crippen molar-refractivity contribution >= 4 is 34.0 Å². The topological polar surface area (TPSA) is 124 Å². The van der Waals surface area contributed by atoms with E-state index in [1.807, 2.05) is 30.0 Å². The number of carbonyl (C=O) groups excluding carboxylic acids is 1. The van der Waals surface area contributed by atoms with Gasteiger partial charge in [-0.1, -0.05) is 11.3 Å². The third-order valence-electron chi connectivity index (χ3n) is 5.01. The number of nitriles is 1. The van der Waals surface area contributed by atoms with Gasteiger partial charge in [0, 0.05) is 43.6 Å². The van der Waals surface area contributed by atoms with Gasteiger partial charge in [0.1, 0.15) is 16.6 Å². The molecule has 1 aromatic carbocycles. The molecule has 3 N–H and O–H groups in total. The summed E-state index contributed by atoms with van der Waals surface area (Å²) in [6, 6.07) is 9.40. The van der Waals surface area contributed by atoms with Gasteiger partial charge in [-0.3, -0.25) is 4.79 Å². The van der Waals surface area contributed by atoms with E-state index in [9.17, 15) is 10.1 Å². The number of hydrogen-bond donors (Lipinski definition) is 2. The maximum atomic E-state index is 13.0. The molecule has 31 heavy (non-hydrogen) atoms. The molecule has 1 aliphatic heterocycles. The number of nitrogens with one attached hydrogen (secondary N) is 1. The first-order valence-corrected chi connectivity index (χ1v) is 10.6. The molecule has 1 saturated heterocycles. The van der Waals surface area contributed by atoms with Crippen molar-refractivity contribution in [2.45, 2.75) is 6.92 Å². The molecule has 10 heteroatoms. The molecule has 2 aromatic heterocycles. The predicted molar refractivity (Wildman–Crippen MR) is 120 cm³/mol. The minimum absolute atomic E-state index is 0.0196. The molecule has 0 unspecified atom stereocenters. The average Bonchev–Trinajstić information content (AvgIpc) is 3.14. The largest absolute Gasteiger partial charge is 0.375 e. The van der Waals surface area contributed by atoms with Crippen molar-refractivity contribution in [2.75, 3.05) is 44.3 Å². The van der Waals surface area contributed by atoms with Crippen LogP contribution in [-0.4, -0.2) is 63.9 Å². The van der Waals surface area contributed by atoms with Crippen LogP contribution < -0.4 is 11.1 Å². The van der Waals surface area contributed by atoms with Gasteiger partial charge in [-0.2, -0.15) is 5.26 Å². The summed E-state index contributed by atoms with van der Waals surface area (Å²) < 4.78 is 0. The van der Waals surface area contributed by atoms with Crippen LogP contribution in [0, 0.1) is 18.3 Å². The summed E-state index contributed by atoms with van der Waals surface area (Å²) >= 11 is 1.12. The molecule has 0 bridgehead atoms. The van der Waals surface area contributed by atoms with Crippen molar-refractivity contribution < 1.29 is 4.79 Å². The number of anilines is 3. The molecular formula is C21H22N8OS. The minimum atomic E-state index is 0.0196. The molecule has 0 saturated carbocycles. The highest BCUT2D eigenvalue weighted by molar-refractivity contribution is 7.16. The number of likely N-dealkylation sites (N-methyl/N-ethyl adjacent to an activating group) is 1. The zero-order valence-electron chi connectivity index (χ0n) is 17.3. The Morgan fingerprint density at radius 1 is 1.23 bits per heavy atom. The molecule has 0 spiro atoms. The number of aromatic nitrogens is 3. The van der Waals surface area contributed by atoms with Crippen LogP contribution in [0.4, 0.5) is 16.8 Å². The van der Waals surface area contributed by atoms with E-state index in [4.69, 9.17) is 5.73 Å². The fourth-order valence-corrected chi connectivity index (χ4v) is 4.08. The van der Waals surface area contributed by atoms with Gasteiger partial charge in [0.05, 0.1) is 5.69 Å². The molecule has 9 nitrogen and oxygen atoms in total. The molecule has 1 aliphatic rings. The lowest BCUT2D eigenvalue weighted by Gasteiger charge is -2.32. The van der Waals surface area contributed by atoms with Gasteiger partial charge in [-0.25, -0.2) is 15.0 Å². The lowest BCUT2D eigenvalue weighted by atomic mass is 10.1. The van der Waals surface area contributed by atoms with E-state index in [1.165, 1.54) is 0 Å². The Morgan fingerprint density at radius 2 is 2.00 bits per heavy atom. The summed E-state index contributed by atoms with van der Waals surface area (Å²) in [6.07, 6.45) is 1.59. The Morgan fingerprint density at radius 3 is 2.74 bits per heavy atom. The monoisotopic (exact) mass is 434 g/mol. The van der Waals surface area contributed by atoms with Gasteiger partial charge in [-0.15, -0.1) is 0 Å². The van der Waals surface area contributed by atoms with Gasteiger partial charge in [-0.05, 0) is 43.8 Å². The van der Waals surface area contributed by atoms with Crippen molar-refractivity contribution in [1.29, 1.82) is 5.26 Å². The Labute approximate surface area is 184 Å². The van der Waals surface area contributed by atoms with Gasteiger partial charge in [0.25, 0.3) is 5.91 Å². The first kappa shape index (κ1) is 20.7. The fourth-order valence-electron chi connectivity index (χ4n) is 3.44. The van der Waals surface area contributed by atoms with Gasteiger partial charge >= 0.3 is 0 Å². The molecule has 1 amide bonds. The van der Waals surface area contributed by atoms with E-state index in [0.29, 0.717) is 38.6 Å². The number of nitrogens with zero attached hydrogens (tertiary/aromatic N) is 6. The predicted octanol–water partition coefficient (Wildman–Crippen LogP) is 2.49. The Hall–Kier alpha value is -3.55. The van der Waals surface area contributed by atoms with Crippen molar-refractivity contribution in [1.82, 2.24) is 24.8 Å². The van der Waals surface area contributed by atoms with E-state index >= 15 is 0 Å². The van der Waals surface area contributed by atoms with Crippen molar-refractivity contribution in [3.05, 3.63) is 46.5 Å². The lowest BCUT2D eigenvalue weighted by molar-refractivity contribution is 0.0664. The number of piperazine rings is 1. The SMILES string of the molecule is Cc1cc(Nc2nccc(-c3nc(N)sc3C#N)n2)cc(C(=O)N2CCN(C)CC2)c1. The number of nitrogens with two attached hydrogens (primary N) is 1. The molecule has 1 fully saturated rings. The molecule has 3 aromatic rings. The average molecular weight is 435 g/mol. The van der Waals surface area contributed by atoms with Gasteiger partial charge in [0.2, 0.25) is 5.95 Å².